The number of benzene rings is 3. The quantitative estimate of drug-likeness (QED) is 0.347. The van der Waals surface area contributed by atoms with E-state index in [1.807, 2.05) is 0 Å². The van der Waals surface area contributed by atoms with Crippen LogP contribution >= 0.6 is 0 Å². The van der Waals surface area contributed by atoms with Gasteiger partial charge < -0.3 is 4.74 Å². The molecule has 0 atom stereocenters. The molecule has 0 aliphatic carbocycles. The zero-order chi connectivity index (χ0) is 21.3. The lowest BCUT2D eigenvalue weighted by Crippen LogP contribution is -2.20. The Morgan fingerprint density at radius 3 is 2.60 bits per heavy atom. The molecular formula is C22H18FN3O4. The van der Waals surface area contributed by atoms with Gasteiger partial charge in [0.15, 0.2) is 0 Å². The normalized spacial score (nSPS) is 10.7. The van der Waals surface area contributed by atoms with E-state index in [-0.39, 0.29) is 24.5 Å². The molecule has 30 heavy (non-hydrogen) atoms. The Morgan fingerprint density at radius 2 is 1.87 bits per heavy atom. The van der Waals surface area contributed by atoms with Crippen molar-refractivity contribution in [3.8, 4) is 5.75 Å². The van der Waals surface area contributed by atoms with E-state index in [0.717, 1.165) is 11.1 Å². The third kappa shape index (κ3) is 5.96. The van der Waals surface area contributed by atoms with Crippen LogP contribution in [0.4, 0.5) is 10.1 Å². The smallest absolute Gasteiger partial charge is 0.273 e. The Hall–Kier alpha value is -4.07. The molecule has 0 aliphatic rings. The first-order valence-electron chi connectivity index (χ1n) is 9.03. The van der Waals surface area contributed by atoms with E-state index in [1.54, 1.807) is 48.5 Å². The van der Waals surface area contributed by atoms with Gasteiger partial charge in [-0.2, -0.15) is 5.10 Å². The van der Waals surface area contributed by atoms with Gasteiger partial charge in [0.05, 0.1) is 17.6 Å². The number of nitrogens with zero attached hydrogens (tertiary/aromatic N) is 2. The van der Waals surface area contributed by atoms with E-state index in [9.17, 15) is 19.3 Å². The van der Waals surface area contributed by atoms with Crippen molar-refractivity contribution in [2.24, 2.45) is 5.10 Å². The van der Waals surface area contributed by atoms with Gasteiger partial charge in [0.25, 0.3) is 5.69 Å². The molecular weight excluding hydrogens is 389 g/mol. The number of hydrazone groups is 1. The Bertz CT molecular complexity index is 1070. The van der Waals surface area contributed by atoms with Crippen molar-refractivity contribution in [2.75, 3.05) is 0 Å². The number of nitrogens with one attached hydrogen (secondary N) is 1. The third-order valence-electron chi connectivity index (χ3n) is 4.12. The number of nitro benzene ring substituents is 1. The van der Waals surface area contributed by atoms with Crippen LogP contribution < -0.4 is 10.2 Å². The second-order valence-electron chi connectivity index (χ2n) is 6.34. The fourth-order valence-electron chi connectivity index (χ4n) is 2.67. The first-order valence-corrected chi connectivity index (χ1v) is 9.03. The maximum absolute atomic E-state index is 13.2. The average molecular weight is 407 g/mol. The number of nitro groups is 1. The first kappa shape index (κ1) is 20.7. The fourth-order valence-corrected chi connectivity index (χ4v) is 2.67. The van der Waals surface area contributed by atoms with Gasteiger partial charge in [0.2, 0.25) is 5.91 Å². The lowest BCUT2D eigenvalue weighted by molar-refractivity contribution is -0.385. The number of amides is 1. The molecule has 0 unspecified atom stereocenters. The Labute approximate surface area is 172 Å². The molecule has 3 aromatic rings. The molecule has 0 spiro atoms. The Morgan fingerprint density at radius 1 is 1.10 bits per heavy atom. The largest absolute Gasteiger partial charge is 0.489 e. The van der Waals surface area contributed by atoms with Crippen molar-refractivity contribution >= 4 is 17.8 Å². The van der Waals surface area contributed by atoms with E-state index in [0.29, 0.717) is 11.3 Å². The topological polar surface area (TPSA) is 93.8 Å². The fraction of sp³-hybridized carbons (Fsp3) is 0.0909. The number of rotatable bonds is 8. The van der Waals surface area contributed by atoms with Gasteiger partial charge in [-0.3, -0.25) is 14.9 Å². The van der Waals surface area contributed by atoms with Crippen LogP contribution in [-0.4, -0.2) is 17.0 Å². The molecule has 1 N–H and O–H groups in total. The summed E-state index contributed by atoms with van der Waals surface area (Å²) in [4.78, 5) is 22.4. The van der Waals surface area contributed by atoms with Gasteiger partial charge >= 0.3 is 0 Å². The van der Waals surface area contributed by atoms with Crippen LogP contribution in [0.15, 0.2) is 77.9 Å². The molecule has 0 radical (unpaired) electrons. The van der Waals surface area contributed by atoms with Gasteiger partial charge in [-0.05, 0) is 47.5 Å². The third-order valence-corrected chi connectivity index (χ3v) is 4.12. The second-order valence-corrected chi connectivity index (χ2v) is 6.34. The molecule has 0 saturated carbocycles. The molecule has 3 aromatic carbocycles. The molecule has 0 saturated heterocycles. The summed E-state index contributed by atoms with van der Waals surface area (Å²) in [6.07, 6.45) is 1.30. The minimum Gasteiger partial charge on any atom is -0.489 e. The average Bonchev–Trinajstić information content (AvgIpc) is 2.73. The Kier molecular flexibility index (Phi) is 6.83. The lowest BCUT2D eigenvalue weighted by atomic mass is 10.1. The number of halogens is 1. The number of hydrogen-bond acceptors (Lipinski definition) is 5. The minimum absolute atomic E-state index is 0.106. The number of carbonyl (C=O) groups excluding carboxylic acids is 1. The van der Waals surface area contributed by atoms with E-state index >= 15 is 0 Å². The van der Waals surface area contributed by atoms with Crippen LogP contribution in [0.5, 0.6) is 5.75 Å². The van der Waals surface area contributed by atoms with Crippen molar-refractivity contribution in [3.63, 3.8) is 0 Å². The van der Waals surface area contributed by atoms with Crippen LogP contribution in [-0.2, 0) is 17.8 Å². The van der Waals surface area contributed by atoms with Crippen molar-refractivity contribution in [3.05, 3.63) is 105 Å². The molecule has 0 aromatic heterocycles. The monoisotopic (exact) mass is 407 g/mol. The summed E-state index contributed by atoms with van der Waals surface area (Å²) in [5.41, 5.74) is 4.01. The minimum atomic E-state index is -0.524. The zero-order valence-corrected chi connectivity index (χ0v) is 15.8. The molecule has 8 heteroatoms. The molecule has 0 aliphatic heterocycles. The highest BCUT2D eigenvalue weighted by Gasteiger charge is 2.14. The maximum atomic E-state index is 13.2. The highest BCUT2D eigenvalue weighted by Crippen LogP contribution is 2.18. The van der Waals surface area contributed by atoms with Crippen LogP contribution in [0.1, 0.15) is 16.7 Å². The zero-order valence-electron chi connectivity index (χ0n) is 15.8. The first-order chi connectivity index (χ1) is 14.5. The van der Waals surface area contributed by atoms with Crippen LogP contribution in [0.2, 0.25) is 0 Å². The summed E-state index contributed by atoms with van der Waals surface area (Å²) in [6, 6.07) is 19.2. The van der Waals surface area contributed by atoms with Gasteiger partial charge in [0, 0.05) is 11.6 Å². The van der Waals surface area contributed by atoms with Crippen LogP contribution in [0, 0.1) is 15.9 Å². The summed E-state index contributed by atoms with van der Waals surface area (Å²) >= 11 is 0. The maximum Gasteiger partial charge on any atom is 0.273 e. The van der Waals surface area contributed by atoms with E-state index in [1.165, 1.54) is 30.5 Å². The number of hydrogen-bond donors (Lipinski definition) is 1. The van der Waals surface area contributed by atoms with Crippen LogP contribution in [0.3, 0.4) is 0 Å². The van der Waals surface area contributed by atoms with E-state index in [2.05, 4.69) is 10.5 Å². The standard InChI is InChI=1S/C22H18FN3O4/c23-19-6-3-4-17(12-19)15-30-20-10-8-16(9-11-20)14-24-25-22(27)13-18-5-1-2-7-21(18)26(28)29/h1-12,14H,13,15H2,(H,25,27)/b24-14+. The van der Waals surface area contributed by atoms with Crippen molar-refractivity contribution in [1.82, 2.24) is 5.43 Å². The van der Waals surface area contributed by atoms with Gasteiger partial charge in [-0.1, -0.05) is 30.3 Å². The van der Waals surface area contributed by atoms with Gasteiger partial charge in [0.1, 0.15) is 18.2 Å². The lowest BCUT2D eigenvalue weighted by Gasteiger charge is -2.06. The number of carbonyl (C=O) groups is 1. The summed E-state index contributed by atoms with van der Waals surface area (Å²) in [6.45, 7) is 0.243. The van der Waals surface area contributed by atoms with E-state index in [4.69, 9.17) is 4.74 Å². The summed E-state index contributed by atoms with van der Waals surface area (Å²) < 4.78 is 18.8. The molecule has 152 valence electrons. The summed E-state index contributed by atoms with van der Waals surface area (Å²) in [5, 5.41) is 14.9. The second kappa shape index (κ2) is 9.92. The Balaban J connectivity index is 1.50. The molecule has 0 bridgehead atoms. The molecule has 0 fully saturated rings. The summed E-state index contributed by atoms with van der Waals surface area (Å²) in [7, 11) is 0. The molecule has 3 rings (SSSR count). The summed E-state index contributed by atoms with van der Waals surface area (Å²) in [5.74, 6) is -0.168. The highest BCUT2D eigenvalue weighted by molar-refractivity contribution is 5.83. The van der Waals surface area contributed by atoms with Crippen molar-refractivity contribution < 1.29 is 18.8 Å². The van der Waals surface area contributed by atoms with Gasteiger partial charge in [-0.15, -0.1) is 0 Å². The predicted octanol–water partition coefficient (Wildman–Crippen LogP) is 4.01. The van der Waals surface area contributed by atoms with Crippen LogP contribution in [0.25, 0.3) is 0 Å². The van der Waals surface area contributed by atoms with Crippen molar-refractivity contribution in [2.45, 2.75) is 13.0 Å². The van der Waals surface area contributed by atoms with E-state index < -0.39 is 10.8 Å². The highest BCUT2D eigenvalue weighted by atomic mass is 19.1. The van der Waals surface area contributed by atoms with Crippen molar-refractivity contribution in [1.29, 1.82) is 0 Å². The molecule has 1 amide bonds. The molecule has 7 nitrogen and oxygen atoms in total. The SMILES string of the molecule is O=C(Cc1ccccc1[N+](=O)[O-])N/N=C/c1ccc(OCc2cccc(F)c2)cc1. The molecule has 0 heterocycles. The number of para-hydroxylation sites is 1. The predicted molar refractivity (Wildman–Crippen MR) is 110 cm³/mol. The van der Waals surface area contributed by atoms with Gasteiger partial charge in [-0.25, -0.2) is 9.82 Å². The number of ether oxygens (including phenoxy) is 1.